The molecule has 0 saturated heterocycles. The molecule has 0 bridgehead atoms. The number of benzene rings is 1. The molecule has 0 aliphatic rings. The highest BCUT2D eigenvalue weighted by Crippen LogP contribution is 2.27. The summed E-state index contributed by atoms with van der Waals surface area (Å²) in [6.07, 6.45) is 6.21. The smallest absolute Gasteiger partial charge is 0.255 e. The van der Waals surface area contributed by atoms with E-state index in [1.807, 2.05) is 59.3 Å². The van der Waals surface area contributed by atoms with E-state index in [0.717, 1.165) is 17.0 Å². The van der Waals surface area contributed by atoms with Gasteiger partial charge in [0.25, 0.3) is 5.91 Å². The summed E-state index contributed by atoms with van der Waals surface area (Å²) < 4.78 is 7.32. The minimum absolute atomic E-state index is 0.195. The topological polar surface area (TPSA) is 80.5 Å². The van der Waals surface area contributed by atoms with E-state index in [-0.39, 0.29) is 5.91 Å². The number of fused-ring (bicyclic) bond motifs is 1. The maximum absolute atomic E-state index is 12.7. The molecule has 4 rings (SSSR count). The zero-order valence-corrected chi connectivity index (χ0v) is 16.0. The lowest BCUT2D eigenvalue weighted by molar-refractivity contribution is 0.0954. The van der Waals surface area contributed by atoms with Crippen LogP contribution in [0.4, 0.5) is 11.5 Å². The van der Waals surface area contributed by atoms with Crippen molar-refractivity contribution in [3.8, 4) is 5.75 Å². The fraction of sp³-hybridized carbons (Fsp3) is 0.136. The molecule has 1 aromatic carbocycles. The maximum Gasteiger partial charge on any atom is 0.255 e. The summed E-state index contributed by atoms with van der Waals surface area (Å²) in [4.78, 5) is 21.6. The zero-order valence-electron chi connectivity index (χ0n) is 16.0. The number of pyridine rings is 2. The van der Waals surface area contributed by atoms with Gasteiger partial charge in [0.15, 0.2) is 0 Å². The SMILES string of the molecule is COc1ccccc1Nc1ncccc1C(=O)NCCc1cn2ccccc2n1. The first kappa shape index (κ1) is 18.5. The van der Waals surface area contributed by atoms with Crippen LogP contribution in [0, 0.1) is 0 Å². The highest BCUT2D eigenvalue weighted by Gasteiger charge is 2.14. The summed E-state index contributed by atoms with van der Waals surface area (Å²) in [5, 5.41) is 6.13. The number of hydrogen-bond acceptors (Lipinski definition) is 5. The molecular formula is C22H21N5O2. The van der Waals surface area contributed by atoms with Crippen LogP contribution in [0.3, 0.4) is 0 Å². The van der Waals surface area contributed by atoms with Crippen molar-refractivity contribution in [3.63, 3.8) is 0 Å². The molecule has 0 spiro atoms. The minimum atomic E-state index is -0.195. The minimum Gasteiger partial charge on any atom is -0.495 e. The van der Waals surface area contributed by atoms with Crippen LogP contribution in [0.25, 0.3) is 5.65 Å². The molecule has 0 radical (unpaired) electrons. The predicted molar refractivity (Wildman–Crippen MR) is 112 cm³/mol. The van der Waals surface area contributed by atoms with E-state index in [1.165, 1.54) is 0 Å². The number of ether oxygens (including phenoxy) is 1. The van der Waals surface area contributed by atoms with Gasteiger partial charge in [-0.25, -0.2) is 9.97 Å². The summed E-state index contributed by atoms with van der Waals surface area (Å²) in [6.45, 7) is 0.478. The number of methoxy groups -OCH3 is 1. The fourth-order valence-electron chi connectivity index (χ4n) is 3.07. The van der Waals surface area contributed by atoms with Gasteiger partial charge in [0.05, 0.1) is 24.1 Å². The third-order valence-corrected chi connectivity index (χ3v) is 4.49. The average Bonchev–Trinajstić information content (AvgIpc) is 3.17. The van der Waals surface area contributed by atoms with Crippen molar-refractivity contribution in [1.29, 1.82) is 0 Å². The van der Waals surface area contributed by atoms with Crippen molar-refractivity contribution in [2.75, 3.05) is 19.0 Å². The van der Waals surface area contributed by atoms with E-state index in [9.17, 15) is 4.79 Å². The normalized spacial score (nSPS) is 10.7. The molecule has 0 fully saturated rings. The van der Waals surface area contributed by atoms with E-state index in [4.69, 9.17) is 4.74 Å². The lowest BCUT2D eigenvalue weighted by Gasteiger charge is -2.13. The Balaban J connectivity index is 1.43. The van der Waals surface area contributed by atoms with E-state index in [0.29, 0.717) is 30.1 Å². The van der Waals surface area contributed by atoms with Crippen molar-refractivity contribution in [1.82, 2.24) is 19.7 Å². The van der Waals surface area contributed by atoms with Gasteiger partial charge in [-0.1, -0.05) is 18.2 Å². The van der Waals surface area contributed by atoms with E-state index < -0.39 is 0 Å². The molecule has 3 heterocycles. The molecular weight excluding hydrogens is 366 g/mol. The van der Waals surface area contributed by atoms with Crippen molar-refractivity contribution in [3.05, 3.63) is 84.4 Å². The van der Waals surface area contributed by atoms with Crippen LogP contribution in [0.5, 0.6) is 5.75 Å². The summed E-state index contributed by atoms with van der Waals surface area (Å²) in [6, 6.07) is 16.8. The quantitative estimate of drug-likeness (QED) is 0.508. The van der Waals surface area contributed by atoms with E-state index in [1.54, 1.807) is 25.4 Å². The molecule has 2 N–H and O–H groups in total. The number of carbonyl (C=O) groups excluding carboxylic acids is 1. The van der Waals surface area contributed by atoms with Gasteiger partial charge in [-0.3, -0.25) is 4.79 Å². The molecule has 7 heteroatoms. The van der Waals surface area contributed by atoms with E-state index >= 15 is 0 Å². The molecule has 0 atom stereocenters. The third-order valence-electron chi connectivity index (χ3n) is 4.49. The summed E-state index contributed by atoms with van der Waals surface area (Å²) in [5.74, 6) is 0.956. The van der Waals surface area contributed by atoms with Crippen LogP contribution in [0.2, 0.25) is 0 Å². The maximum atomic E-state index is 12.7. The van der Waals surface area contributed by atoms with Crippen molar-refractivity contribution in [2.45, 2.75) is 6.42 Å². The Hall–Kier alpha value is -3.87. The number of nitrogens with zero attached hydrogens (tertiary/aromatic N) is 3. The molecule has 0 aliphatic heterocycles. The lowest BCUT2D eigenvalue weighted by atomic mass is 10.2. The Bertz CT molecular complexity index is 1110. The first-order chi connectivity index (χ1) is 14.2. The number of rotatable bonds is 7. The first-order valence-electron chi connectivity index (χ1n) is 9.30. The number of imidazole rings is 1. The Morgan fingerprint density at radius 2 is 1.97 bits per heavy atom. The van der Waals surface area contributed by atoms with Crippen LogP contribution in [0.15, 0.2) is 73.2 Å². The number of aromatic nitrogens is 3. The highest BCUT2D eigenvalue weighted by molar-refractivity contribution is 5.99. The monoisotopic (exact) mass is 387 g/mol. The van der Waals surface area contributed by atoms with Gasteiger partial charge >= 0.3 is 0 Å². The van der Waals surface area contributed by atoms with Crippen LogP contribution >= 0.6 is 0 Å². The van der Waals surface area contributed by atoms with Crippen molar-refractivity contribution < 1.29 is 9.53 Å². The molecule has 4 aromatic rings. The van der Waals surface area contributed by atoms with Crippen LogP contribution in [-0.4, -0.2) is 33.9 Å². The van der Waals surface area contributed by atoms with Crippen LogP contribution in [-0.2, 0) is 6.42 Å². The lowest BCUT2D eigenvalue weighted by Crippen LogP contribution is -2.26. The number of hydrogen-bond donors (Lipinski definition) is 2. The molecule has 7 nitrogen and oxygen atoms in total. The molecule has 0 saturated carbocycles. The van der Waals surface area contributed by atoms with Crippen molar-refractivity contribution >= 4 is 23.1 Å². The van der Waals surface area contributed by atoms with Gasteiger partial charge in [-0.2, -0.15) is 0 Å². The second kappa shape index (κ2) is 8.43. The van der Waals surface area contributed by atoms with Crippen LogP contribution < -0.4 is 15.4 Å². The van der Waals surface area contributed by atoms with Gasteiger partial charge in [0.2, 0.25) is 0 Å². The number of anilines is 2. The second-order valence-electron chi connectivity index (χ2n) is 6.43. The first-order valence-corrected chi connectivity index (χ1v) is 9.30. The summed E-state index contributed by atoms with van der Waals surface area (Å²) in [5.41, 5.74) is 3.03. The third kappa shape index (κ3) is 4.19. The zero-order chi connectivity index (χ0) is 20.1. The number of nitrogens with one attached hydrogen (secondary N) is 2. The second-order valence-corrected chi connectivity index (χ2v) is 6.43. The fourth-order valence-corrected chi connectivity index (χ4v) is 3.07. The molecule has 29 heavy (non-hydrogen) atoms. The van der Waals surface area contributed by atoms with Crippen LogP contribution in [0.1, 0.15) is 16.1 Å². The standard InChI is InChI=1S/C22H21N5O2/c1-29-19-9-3-2-8-18(19)26-21-17(7-6-12-23-21)22(28)24-13-11-16-15-27-14-5-4-10-20(27)25-16/h2-10,12,14-15H,11,13H2,1H3,(H,23,26)(H,24,28). The molecule has 0 unspecified atom stereocenters. The van der Waals surface area contributed by atoms with Gasteiger partial charge in [-0.05, 0) is 36.4 Å². The average molecular weight is 387 g/mol. The number of para-hydroxylation sites is 2. The largest absolute Gasteiger partial charge is 0.495 e. The molecule has 3 aromatic heterocycles. The van der Waals surface area contributed by atoms with Gasteiger partial charge in [-0.15, -0.1) is 0 Å². The Morgan fingerprint density at radius 3 is 2.83 bits per heavy atom. The molecule has 1 amide bonds. The Morgan fingerprint density at radius 1 is 1.10 bits per heavy atom. The highest BCUT2D eigenvalue weighted by atomic mass is 16.5. The Kier molecular flexibility index (Phi) is 5.38. The van der Waals surface area contributed by atoms with Gasteiger partial charge in [0.1, 0.15) is 17.2 Å². The van der Waals surface area contributed by atoms with Gasteiger partial charge < -0.3 is 19.8 Å². The predicted octanol–water partition coefficient (Wildman–Crippen LogP) is 3.45. The van der Waals surface area contributed by atoms with Gasteiger partial charge in [0, 0.05) is 31.6 Å². The molecule has 146 valence electrons. The molecule has 0 aliphatic carbocycles. The number of amides is 1. The van der Waals surface area contributed by atoms with Crippen molar-refractivity contribution in [2.24, 2.45) is 0 Å². The Labute approximate surface area is 168 Å². The summed E-state index contributed by atoms with van der Waals surface area (Å²) in [7, 11) is 1.60. The summed E-state index contributed by atoms with van der Waals surface area (Å²) >= 11 is 0. The van der Waals surface area contributed by atoms with E-state index in [2.05, 4.69) is 20.6 Å². The number of carbonyl (C=O) groups is 1.